The molecule has 0 unspecified atom stereocenters. The van der Waals surface area contributed by atoms with Gasteiger partial charge in [0.1, 0.15) is 5.82 Å². The van der Waals surface area contributed by atoms with Crippen molar-refractivity contribution in [2.24, 2.45) is 0 Å². The van der Waals surface area contributed by atoms with Crippen LogP contribution in [0.25, 0.3) is 0 Å². The zero-order valence-corrected chi connectivity index (χ0v) is 16.7. The van der Waals surface area contributed by atoms with Crippen LogP contribution in [0.15, 0.2) is 47.4 Å². The van der Waals surface area contributed by atoms with Gasteiger partial charge in [0.25, 0.3) is 15.9 Å². The predicted octanol–water partition coefficient (Wildman–Crippen LogP) is 4.39. The van der Waals surface area contributed by atoms with E-state index in [4.69, 9.17) is 0 Å². The highest BCUT2D eigenvalue weighted by Gasteiger charge is 2.21. The highest BCUT2D eigenvalue weighted by Crippen LogP contribution is 2.21. The van der Waals surface area contributed by atoms with Crippen molar-refractivity contribution in [3.8, 4) is 0 Å². The molecular formula is C21H25FN2O3S. The van der Waals surface area contributed by atoms with E-state index in [1.54, 1.807) is 13.0 Å². The molecule has 150 valence electrons. The van der Waals surface area contributed by atoms with Crippen LogP contribution in [-0.4, -0.2) is 20.4 Å². The van der Waals surface area contributed by atoms with E-state index in [1.165, 1.54) is 49.2 Å². The summed E-state index contributed by atoms with van der Waals surface area (Å²) in [6.45, 7) is 1.78. The molecule has 2 aromatic carbocycles. The van der Waals surface area contributed by atoms with Crippen molar-refractivity contribution in [3.63, 3.8) is 0 Å². The molecule has 28 heavy (non-hydrogen) atoms. The third kappa shape index (κ3) is 5.10. The fourth-order valence-electron chi connectivity index (χ4n) is 3.43. The van der Waals surface area contributed by atoms with Crippen LogP contribution in [0.5, 0.6) is 0 Å². The lowest BCUT2D eigenvalue weighted by molar-refractivity contribution is 0.0932. The molecule has 0 saturated heterocycles. The molecule has 0 aromatic heterocycles. The monoisotopic (exact) mass is 404 g/mol. The van der Waals surface area contributed by atoms with Crippen molar-refractivity contribution in [1.82, 2.24) is 5.32 Å². The van der Waals surface area contributed by atoms with E-state index >= 15 is 0 Å². The van der Waals surface area contributed by atoms with E-state index in [0.29, 0.717) is 11.1 Å². The first-order valence-electron chi connectivity index (χ1n) is 9.55. The van der Waals surface area contributed by atoms with E-state index in [2.05, 4.69) is 10.0 Å². The number of carbonyl (C=O) groups excluding carboxylic acids is 1. The Morgan fingerprint density at radius 3 is 2.29 bits per heavy atom. The summed E-state index contributed by atoms with van der Waals surface area (Å²) in [5.41, 5.74) is 1.32. The number of rotatable bonds is 5. The minimum Gasteiger partial charge on any atom is -0.349 e. The fraction of sp³-hybridized carbons (Fsp3) is 0.381. The Hall–Kier alpha value is -2.41. The molecule has 0 radical (unpaired) electrons. The summed E-state index contributed by atoms with van der Waals surface area (Å²) in [6, 6.07) is 9.67. The number of hydrogen-bond acceptors (Lipinski definition) is 3. The third-order valence-electron chi connectivity index (χ3n) is 5.05. The lowest BCUT2D eigenvalue weighted by atomic mass is 10.1. The summed E-state index contributed by atoms with van der Waals surface area (Å²) in [5.74, 6) is -0.695. The summed E-state index contributed by atoms with van der Waals surface area (Å²) < 4.78 is 40.8. The second kappa shape index (κ2) is 8.73. The fourth-order valence-corrected chi connectivity index (χ4v) is 4.52. The van der Waals surface area contributed by atoms with Crippen LogP contribution in [-0.2, 0) is 10.0 Å². The molecule has 0 heterocycles. The van der Waals surface area contributed by atoms with E-state index in [1.807, 2.05) is 0 Å². The van der Waals surface area contributed by atoms with Crippen molar-refractivity contribution < 1.29 is 17.6 Å². The number of nitrogens with one attached hydrogen (secondary N) is 2. The van der Waals surface area contributed by atoms with Crippen LogP contribution in [0.2, 0.25) is 0 Å². The molecule has 1 saturated carbocycles. The number of halogens is 1. The number of amides is 1. The molecule has 1 aliphatic carbocycles. The van der Waals surface area contributed by atoms with Gasteiger partial charge in [0.15, 0.2) is 0 Å². The zero-order chi connectivity index (χ0) is 20.1. The quantitative estimate of drug-likeness (QED) is 0.726. The van der Waals surface area contributed by atoms with Crippen molar-refractivity contribution in [2.45, 2.75) is 56.4 Å². The molecule has 1 fully saturated rings. The van der Waals surface area contributed by atoms with E-state index in [9.17, 15) is 17.6 Å². The number of hydrogen-bond donors (Lipinski definition) is 2. The Labute approximate surface area is 165 Å². The average molecular weight is 405 g/mol. The molecule has 2 N–H and O–H groups in total. The van der Waals surface area contributed by atoms with Gasteiger partial charge in [-0.25, -0.2) is 12.8 Å². The molecule has 0 aliphatic heterocycles. The zero-order valence-electron chi connectivity index (χ0n) is 15.9. The lowest BCUT2D eigenvalue weighted by Gasteiger charge is -2.17. The van der Waals surface area contributed by atoms with E-state index < -0.39 is 15.8 Å². The maximum absolute atomic E-state index is 13.0. The summed E-state index contributed by atoms with van der Waals surface area (Å²) >= 11 is 0. The number of sulfonamides is 1. The third-order valence-corrected chi connectivity index (χ3v) is 6.43. The summed E-state index contributed by atoms with van der Waals surface area (Å²) in [7, 11) is -3.89. The van der Waals surface area contributed by atoms with Crippen LogP contribution >= 0.6 is 0 Å². The molecule has 2 aromatic rings. The van der Waals surface area contributed by atoms with Gasteiger partial charge in [0, 0.05) is 17.3 Å². The number of anilines is 1. The second-order valence-corrected chi connectivity index (χ2v) is 8.93. The first-order valence-corrected chi connectivity index (χ1v) is 11.0. The van der Waals surface area contributed by atoms with Gasteiger partial charge in [-0.2, -0.15) is 0 Å². The Balaban J connectivity index is 1.79. The summed E-state index contributed by atoms with van der Waals surface area (Å²) in [5, 5.41) is 3.05. The smallest absolute Gasteiger partial charge is 0.261 e. The molecular weight excluding hydrogens is 379 g/mol. The molecule has 0 spiro atoms. The van der Waals surface area contributed by atoms with Gasteiger partial charge >= 0.3 is 0 Å². The Morgan fingerprint density at radius 1 is 1.00 bits per heavy atom. The van der Waals surface area contributed by atoms with Crippen molar-refractivity contribution in [3.05, 3.63) is 59.4 Å². The van der Waals surface area contributed by atoms with Crippen molar-refractivity contribution in [1.29, 1.82) is 0 Å². The molecule has 5 nitrogen and oxygen atoms in total. The summed E-state index contributed by atoms with van der Waals surface area (Å²) in [6.07, 6.45) is 6.48. The van der Waals surface area contributed by atoms with Gasteiger partial charge in [-0.1, -0.05) is 31.7 Å². The first-order chi connectivity index (χ1) is 13.3. The Morgan fingerprint density at radius 2 is 1.64 bits per heavy atom. The second-order valence-electron chi connectivity index (χ2n) is 7.25. The normalized spacial score (nSPS) is 15.6. The number of aryl methyl sites for hydroxylation is 1. The van der Waals surface area contributed by atoms with Gasteiger partial charge in [-0.15, -0.1) is 0 Å². The first kappa shape index (κ1) is 20.3. The molecule has 0 bridgehead atoms. The van der Waals surface area contributed by atoms with Crippen molar-refractivity contribution >= 4 is 21.6 Å². The van der Waals surface area contributed by atoms with Gasteiger partial charge < -0.3 is 5.32 Å². The van der Waals surface area contributed by atoms with Crippen LogP contribution in [0, 0.1) is 12.7 Å². The molecule has 7 heteroatoms. The van der Waals surface area contributed by atoms with E-state index in [0.717, 1.165) is 25.7 Å². The molecule has 1 aliphatic rings. The van der Waals surface area contributed by atoms with Crippen LogP contribution in [0.4, 0.5) is 10.1 Å². The molecule has 3 rings (SSSR count). The van der Waals surface area contributed by atoms with Crippen LogP contribution in [0.3, 0.4) is 0 Å². The standard InChI is InChI=1S/C21H25FN2O3S/c1-15-8-13-19(28(26,27)24-18-11-9-16(22)10-12-18)14-20(15)21(25)23-17-6-4-2-3-5-7-17/h8-14,17,24H,2-7H2,1H3,(H,23,25). The van der Waals surface area contributed by atoms with Gasteiger partial charge in [-0.3, -0.25) is 9.52 Å². The lowest BCUT2D eigenvalue weighted by Crippen LogP contribution is -2.34. The maximum Gasteiger partial charge on any atom is 0.261 e. The van der Waals surface area contributed by atoms with Crippen LogP contribution < -0.4 is 10.0 Å². The SMILES string of the molecule is Cc1ccc(S(=O)(=O)Nc2ccc(F)cc2)cc1C(=O)NC1CCCCCC1. The largest absolute Gasteiger partial charge is 0.349 e. The maximum atomic E-state index is 13.0. The number of carbonyl (C=O) groups is 1. The molecule has 0 atom stereocenters. The highest BCUT2D eigenvalue weighted by atomic mass is 32.2. The minimum atomic E-state index is -3.89. The Kier molecular flexibility index (Phi) is 6.34. The summed E-state index contributed by atoms with van der Waals surface area (Å²) in [4.78, 5) is 12.7. The average Bonchev–Trinajstić information content (AvgIpc) is 2.92. The minimum absolute atomic E-state index is 0.00607. The number of benzene rings is 2. The van der Waals surface area contributed by atoms with Gasteiger partial charge in [0.2, 0.25) is 0 Å². The van der Waals surface area contributed by atoms with Gasteiger partial charge in [0.05, 0.1) is 4.90 Å². The van der Waals surface area contributed by atoms with E-state index in [-0.39, 0.29) is 22.5 Å². The van der Waals surface area contributed by atoms with Crippen molar-refractivity contribution in [2.75, 3.05) is 4.72 Å². The van der Waals surface area contributed by atoms with Crippen LogP contribution in [0.1, 0.15) is 54.4 Å². The predicted molar refractivity (Wildman–Crippen MR) is 107 cm³/mol. The Bertz CT molecular complexity index is 935. The molecule has 1 amide bonds. The highest BCUT2D eigenvalue weighted by molar-refractivity contribution is 7.92. The van der Waals surface area contributed by atoms with Gasteiger partial charge in [-0.05, 0) is 61.7 Å². The topological polar surface area (TPSA) is 75.3 Å².